The zero-order chi connectivity index (χ0) is 15.2. The lowest BCUT2D eigenvalue weighted by Crippen LogP contribution is -2.37. The molecule has 0 saturated carbocycles. The first kappa shape index (κ1) is 16.6. The van der Waals surface area contributed by atoms with Crippen molar-refractivity contribution in [3.63, 3.8) is 0 Å². The normalized spacial score (nSPS) is 25.8. The van der Waals surface area contributed by atoms with E-state index in [1.165, 1.54) is 18.2 Å². The number of aliphatic hydroxyl groups is 2. The van der Waals surface area contributed by atoms with E-state index in [1.54, 1.807) is 0 Å². The molecule has 108 valence electrons. The summed E-state index contributed by atoms with van der Waals surface area (Å²) in [5, 5.41) is 18.9. The quantitative estimate of drug-likeness (QED) is 0.361. The highest BCUT2D eigenvalue weighted by Crippen LogP contribution is 2.50. The second-order valence-corrected chi connectivity index (χ2v) is 6.41. The molecule has 2 rings (SSSR count). The zero-order valence-electron chi connectivity index (χ0n) is 9.47. The van der Waals surface area contributed by atoms with Crippen LogP contribution in [0.3, 0.4) is 0 Å². The van der Waals surface area contributed by atoms with Crippen LogP contribution in [0, 0.1) is 0 Å². The molecule has 0 aliphatic heterocycles. The maximum Gasteiger partial charge on any atom is 0.134 e. The molecule has 8 heteroatoms. The third-order valence-corrected chi connectivity index (χ3v) is 5.71. The minimum Gasteiger partial charge on any atom is -0.511 e. The molecule has 0 fully saturated rings. The second-order valence-electron chi connectivity index (χ2n) is 4.08. The molecule has 2 nitrogen and oxygen atoms in total. The number of rotatable bonds is 1. The van der Waals surface area contributed by atoms with Crippen LogP contribution in [0.25, 0.3) is 0 Å². The second kappa shape index (κ2) is 5.77. The standard InChI is InChI=1S/C12H6Cl6O2/c13-6-5(7(14)9(16)10(17)8(6)15)12(20)3-1-2-4(19)11(12)18/h1-3,11,19-20H. The summed E-state index contributed by atoms with van der Waals surface area (Å²) < 4.78 is 0. The maximum atomic E-state index is 10.7. The molecule has 1 aromatic carbocycles. The van der Waals surface area contributed by atoms with E-state index in [9.17, 15) is 10.2 Å². The summed E-state index contributed by atoms with van der Waals surface area (Å²) in [4.78, 5) is 0. The average molecular weight is 395 g/mol. The Kier molecular flexibility index (Phi) is 4.78. The maximum absolute atomic E-state index is 10.7. The Morgan fingerprint density at radius 2 is 1.35 bits per heavy atom. The Morgan fingerprint density at radius 3 is 1.85 bits per heavy atom. The molecule has 0 amide bonds. The van der Waals surface area contributed by atoms with Gasteiger partial charge in [0.05, 0.1) is 25.1 Å². The predicted molar refractivity (Wildman–Crippen MR) is 84.9 cm³/mol. The number of hydrogen-bond donors (Lipinski definition) is 2. The van der Waals surface area contributed by atoms with Crippen LogP contribution in [0.4, 0.5) is 0 Å². The van der Waals surface area contributed by atoms with Gasteiger partial charge in [0.2, 0.25) is 0 Å². The van der Waals surface area contributed by atoms with Gasteiger partial charge in [-0.1, -0.05) is 64.1 Å². The molecule has 2 unspecified atom stereocenters. The van der Waals surface area contributed by atoms with E-state index >= 15 is 0 Å². The minimum atomic E-state index is -1.87. The number of hydrogen-bond acceptors (Lipinski definition) is 2. The molecule has 0 bridgehead atoms. The van der Waals surface area contributed by atoms with Crippen molar-refractivity contribution >= 4 is 69.6 Å². The van der Waals surface area contributed by atoms with Gasteiger partial charge in [-0.2, -0.15) is 0 Å². The Balaban J connectivity index is 2.77. The van der Waals surface area contributed by atoms with Crippen molar-refractivity contribution in [3.05, 3.63) is 54.7 Å². The van der Waals surface area contributed by atoms with Crippen LogP contribution in [-0.4, -0.2) is 15.6 Å². The van der Waals surface area contributed by atoms with Gasteiger partial charge in [0.1, 0.15) is 16.7 Å². The predicted octanol–water partition coefficient (Wildman–Crippen LogP) is 5.76. The molecular weight excluding hydrogens is 389 g/mol. The molecule has 1 aliphatic rings. The first-order valence-corrected chi connectivity index (χ1v) is 7.51. The average Bonchev–Trinajstić information content (AvgIpc) is 2.40. The molecular formula is C12H6Cl6O2. The van der Waals surface area contributed by atoms with E-state index in [1.807, 2.05) is 0 Å². The summed E-state index contributed by atoms with van der Waals surface area (Å²) in [5.41, 5.74) is -1.89. The van der Waals surface area contributed by atoms with Gasteiger partial charge in [-0.15, -0.1) is 11.6 Å². The van der Waals surface area contributed by atoms with Gasteiger partial charge >= 0.3 is 0 Å². The van der Waals surface area contributed by atoms with Gasteiger partial charge in [0, 0.05) is 5.56 Å². The highest BCUT2D eigenvalue weighted by molar-refractivity contribution is 6.55. The van der Waals surface area contributed by atoms with E-state index in [-0.39, 0.29) is 36.4 Å². The molecule has 0 spiro atoms. The van der Waals surface area contributed by atoms with Crippen molar-refractivity contribution in [2.75, 3.05) is 0 Å². The van der Waals surface area contributed by atoms with Crippen LogP contribution in [0.1, 0.15) is 5.56 Å². The van der Waals surface area contributed by atoms with Gasteiger partial charge in [0.15, 0.2) is 0 Å². The lowest BCUT2D eigenvalue weighted by Gasteiger charge is -2.33. The fourth-order valence-corrected chi connectivity index (χ4v) is 3.55. The van der Waals surface area contributed by atoms with Gasteiger partial charge in [-0.3, -0.25) is 0 Å². The zero-order valence-corrected chi connectivity index (χ0v) is 14.0. The Labute approximate surface area is 145 Å². The monoisotopic (exact) mass is 392 g/mol. The van der Waals surface area contributed by atoms with Crippen molar-refractivity contribution in [2.45, 2.75) is 11.0 Å². The van der Waals surface area contributed by atoms with Gasteiger partial charge in [0.25, 0.3) is 0 Å². The molecule has 1 aliphatic carbocycles. The number of alkyl halides is 1. The van der Waals surface area contributed by atoms with Gasteiger partial charge in [-0.05, 0) is 12.2 Å². The molecule has 2 atom stereocenters. The number of benzene rings is 1. The summed E-state index contributed by atoms with van der Waals surface area (Å²) in [5.74, 6) is -0.244. The highest BCUT2D eigenvalue weighted by atomic mass is 35.5. The highest BCUT2D eigenvalue weighted by Gasteiger charge is 2.43. The Hall–Kier alpha value is 0.200. The van der Waals surface area contributed by atoms with E-state index in [4.69, 9.17) is 69.6 Å². The van der Waals surface area contributed by atoms with E-state index in [0.717, 1.165) is 0 Å². The molecule has 0 radical (unpaired) electrons. The Morgan fingerprint density at radius 1 is 0.900 bits per heavy atom. The van der Waals surface area contributed by atoms with Crippen LogP contribution < -0.4 is 0 Å². The molecule has 1 aromatic rings. The lowest BCUT2D eigenvalue weighted by atomic mass is 9.86. The van der Waals surface area contributed by atoms with E-state index in [0.29, 0.717) is 0 Å². The topological polar surface area (TPSA) is 40.5 Å². The molecule has 0 aromatic heterocycles. The lowest BCUT2D eigenvalue weighted by molar-refractivity contribution is 0.0796. The van der Waals surface area contributed by atoms with Crippen LogP contribution in [0.5, 0.6) is 0 Å². The van der Waals surface area contributed by atoms with Crippen molar-refractivity contribution in [1.29, 1.82) is 0 Å². The third kappa shape index (κ3) is 2.42. The van der Waals surface area contributed by atoms with Crippen LogP contribution in [0.15, 0.2) is 24.0 Å². The molecule has 20 heavy (non-hydrogen) atoms. The van der Waals surface area contributed by atoms with Crippen molar-refractivity contribution in [1.82, 2.24) is 0 Å². The third-order valence-electron chi connectivity index (χ3n) is 2.87. The van der Waals surface area contributed by atoms with Crippen LogP contribution in [-0.2, 0) is 5.60 Å². The first-order chi connectivity index (χ1) is 9.21. The fourth-order valence-electron chi connectivity index (χ4n) is 1.85. The Bertz CT molecular complexity index is 610. The largest absolute Gasteiger partial charge is 0.511 e. The number of aliphatic hydroxyl groups excluding tert-OH is 1. The summed E-state index contributed by atoms with van der Waals surface area (Å²) >= 11 is 36.0. The van der Waals surface area contributed by atoms with Crippen molar-refractivity contribution in [3.8, 4) is 0 Å². The molecule has 2 N–H and O–H groups in total. The number of halogens is 6. The summed E-state index contributed by atoms with van der Waals surface area (Å²) in [6, 6.07) is 0. The van der Waals surface area contributed by atoms with Gasteiger partial charge in [-0.25, -0.2) is 0 Å². The van der Waals surface area contributed by atoms with Crippen molar-refractivity contribution in [2.24, 2.45) is 0 Å². The smallest absolute Gasteiger partial charge is 0.134 e. The number of allylic oxidation sites excluding steroid dienone is 2. The SMILES string of the molecule is OC1=CC=CC(O)(c2c(Cl)c(Cl)c(Cl)c(Cl)c2Cl)C1Cl. The van der Waals surface area contributed by atoms with Crippen LogP contribution >= 0.6 is 69.6 Å². The molecule has 0 saturated heterocycles. The van der Waals surface area contributed by atoms with Crippen LogP contribution in [0.2, 0.25) is 25.1 Å². The first-order valence-electron chi connectivity index (χ1n) is 5.18. The fraction of sp³-hybridized carbons (Fsp3) is 0.167. The van der Waals surface area contributed by atoms with E-state index < -0.39 is 11.0 Å². The minimum absolute atomic E-state index is 0.0175. The summed E-state index contributed by atoms with van der Waals surface area (Å²) in [6.45, 7) is 0. The summed E-state index contributed by atoms with van der Waals surface area (Å²) in [7, 11) is 0. The molecule has 0 heterocycles. The van der Waals surface area contributed by atoms with Gasteiger partial charge < -0.3 is 10.2 Å². The summed E-state index contributed by atoms with van der Waals surface area (Å²) in [6.07, 6.45) is 4.09. The van der Waals surface area contributed by atoms with E-state index in [2.05, 4.69) is 0 Å². The van der Waals surface area contributed by atoms with Crippen molar-refractivity contribution < 1.29 is 10.2 Å².